The van der Waals surface area contributed by atoms with Crippen LogP contribution in [0.1, 0.15) is 75.5 Å². The van der Waals surface area contributed by atoms with E-state index in [1.165, 1.54) is 6.92 Å². The Bertz CT molecular complexity index is 1090. The highest BCUT2D eigenvalue weighted by Crippen LogP contribution is 2.62. The van der Waals surface area contributed by atoms with Crippen LogP contribution >= 0.6 is 0 Å². The highest BCUT2D eigenvalue weighted by molar-refractivity contribution is 5.92. The monoisotopic (exact) mass is 546 g/mol. The molecule has 4 fully saturated rings. The van der Waals surface area contributed by atoms with Crippen molar-refractivity contribution in [2.45, 2.75) is 90.8 Å². The van der Waals surface area contributed by atoms with Crippen molar-refractivity contribution < 1.29 is 33.5 Å². The summed E-state index contributed by atoms with van der Waals surface area (Å²) < 4.78 is 17.5. The van der Waals surface area contributed by atoms with Gasteiger partial charge in [-0.1, -0.05) is 19.0 Å². The van der Waals surface area contributed by atoms with Gasteiger partial charge in [-0.25, -0.2) is 0 Å². The first-order chi connectivity index (χ1) is 18.5. The molecule has 0 bridgehead atoms. The summed E-state index contributed by atoms with van der Waals surface area (Å²) in [6.07, 6.45) is 3.08. The lowest BCUT2D eigenvalue weighted by Gasteiger charge is -2.63. The summed E-state index contributed by atoms with van der Waals surface area (Å²) in [7, 11) is 0. The van der Waals surface area contributed by atoms with Crippen molar-refractivity contribution in [2.75, 3.05) is 26.2 Å². The Balaban J connectivity index is 1.21. The lowest BCUT2D eigenvalue weighted by molar-refractivity contribution is -0.306. The minimum absolute atomic E-state index is 0.00486. The Hall–Kier alpha value is -2.50. The number of likely N-dealkylation sites (tertiary alicyclic amines) is 1. The first-order valence-electron chi connectivity index (χ1n) is 14.2. The number of ether oxygens (including phenoxy) is 2. The third-order valence-electron chi connectivity index (χ3n) is 9.86. The van der Waals surface area contributed by atoms with E-state index in [2.05, 4.69) is 29.6 Å². The van der Waals surface area contributed by atoms with Crippen LogP contribution in [0.25, 0.3) is 0 Å². The molecular formula is C28H42N4O7. The van der Waals surface area contributed by atoms with Gasteiger partial charge in [0.1, 0.15) is 5.76 Å². The van der Waals surface area contributed by atoms with Gasteiger partial charge in [0, 0.05) is 44.0 Å². The predicted molar refractivity (Wildman–Crippen MR) is 139 cm³/mol. The fourth-order valence-corrected chi connectivity index (χ4v) is 7.84. The van der Waals surface area contributed by atoms with E-state index in [9.17, 15) is 19.5 Å². The zero-order valence-corrected chi connectivity index (χ0v) is 23.4. The molecule has 216 valence electrons. The van der Waals surface area contributed by atoms with E-state index < -0.39 is 12.4 Å². The molecule has 2 aliphatic heterocycles. The number of aromatic nitrogens is 1. The number of carbonyl (C=O) groups excluding carboxylic acids is 3. The number of aryl methyl sites for hydroxylation is 1. The number of hydrogen-bond acceptors (Lipinski definition) is 8. The summed E-state index contributed by atoms with van der Waals surface area (Å²) in [4.78, 5) is 39.0. The molecule has 39 heavy (non-hydrogen) atoms. The molecule has 3 N–H and O–H groups in total. The molecule has 1 aromatic heterocycles. The van der Waals surface area contributed by atoms with Crippen LogP contribution in [0.2, 0.25) is 0 Å². The number of aliphatic hydroxyl groups is 1. The van der Waals surface area contributed by atoms with Crippen molar-refractivity contribution in [3.63, 3.8) is 0 Å². The third kappa shape index (κ3) is 5.45. The molecule has 3 amide bonds. The fraction of sp³-hybridized carbons (Fsp3) is 0.786. The Labute approximate surface area is 229 Å². The molecule has 2 saturated heterocycles. The molecule has 1 aromatic rings. The second-order valence-corrected chi connectivity index (χ2v) is 12.5. The summed E-state index contributed by atoms with van der Waals surface area (Å²) in [6.45, 7) is 9.52. The zero-order chi connectivity index (χ0) is 27.9. The molecule has 5 rings (SSSR count). The van der Waals surface area contributed by atoms with Crippen LogP contribution in [0.4, 0.5) is 0 Å². The van der Waals surface area contributed by atoms with Gasteiger partial charge in [-0.3, -0.25) is 14.4 Å². The highest BCUT2D eigenvalue weighted by Gasteiger charge is 2.61. The van der Waals surface area contributed by atoms with E-state index in [1.54, 1.807) is 13.0 Å². The van der Waals surface area contributed by atoms with E-state index in [4.69, 9.17) is 14.0 Å². The largest absolute Gasteiger partial charge is 0.393 e. The minimum atomic E-state index is -0.553. The van der Waals surface area contributed by atoms with Gasteiger partial charge in [-0.05, 0) is 56.3 Å². The van der Waals surface area contributed by atoms with Gasteiger partial charge in [0.25, 0.3) is 5.91 Å². The Morgan fingerprint density at radius 2 is 1.97 bits per heavy atom. The third-order valence-corrected chi connectivity index (χ3v) is 9.86. The van der Waals surface area contributed by atoms with Crippen molar-refractivity contribution >= 4 is 17.7 Å². The van der Waals surface area contributed by atoms with Crippen molar-refractivity contribution in [3.8, 4) is 0 Å². The molecule has 0 spiro atoms. The summed E-state index contributed by atoms with van der Waals surface area (Å²) >= 11 is 0. The van der Waals surface area contributed by atoms with Crippen molar-refractivity contribution in [3.05, 3.63) is 17.5 Å². The highest BCUT2D eigenvalue weighted by atomic mass is 16.7. The molecule has 2 saturated carbocycles. The predicted octanol–water partition coefficient (Wildman–Crippen LogP) is 1.77. The fourth-order valence-electron chi connectivity index (χ4n) is 7.84. The standard InChI is InChI=1S/C28H42N4O7/c1-16-11-20(31-39-16)26(36)29-13-25-37-15-28(4)22-6-5-21(34)19(27(22,3)9-7-23(28)38-25)12-24(35)32-10-8-18(14-32)30-17(2)33/h11,18-19,21-23,25,34H,5-10,12-15H2,1-4H3,(H,29,36)(H,30,33). The van der Waals surface area contributed by atoms with Crippen LogP contribution in [-0.4, -0.2) is 83.7 Å². The second-order valence-electron chi connectivity index (χ2n) is 12.5. The molecule has 2 aliphatic carbocycles. The molecule has 4 aliphatic rings. The van der Waals surface area contributed by atoms with Gasteiger partial charge in [0.15, 0.2) is 12.0 Å². The summed E-state index contributed by atoms with van der Waals surface area (Å²) in [5, 5.41) is 20.6. The number of nitrogens with one attached hydrogen (secondary N) is 2. The molecule has 8 unspecified atom stereocenters. The van der Waals surface area contributed by atoms with E-state index in [-0.39, 0.29) is 64.8 Å². The molecule has 11 heteroatoms. The maximum Gasteiger partial charge on any atom is 0.273 e. The van der Waals surface area contributed by atoms with Gasteiger partial charge in [-0.2, -0.15) is 0 Å². The molecule has 0 radical (unpaired) electrons. The molecule has 3 heterocycles. The number of amides is 3. The number of hydrogen-bond donors (Lipinski definition) is 3. The van der Waals surface area contributed by atoms with Gasteiger partial charge < -0.3 is 34.6 Å². The Kier molecular flexibility index (Phi) is 7.78. The van der Waals surface area contributed by atoms with Crippen LogP contribution in [0.3, 0.4) is 0 Å². The van der Waals surface area contributed by atoms with Crippen LogP contribution in [0.5, 0.6) is 0 Å². The number of carbonyl (C=O) groups is 3. The topological polar surface area (TPSA) is 143 Å². The summed E-state index contributed by atoms with van der Waals surface area (Å²) in [5.41, 5.74) is -0.265. The number of fused-ring (bicyclic) bond motifs is 3. The van der Waals surface area contributed by atoms with Gasteiger partial charge >= 0.3 is 0 Å². The minimum Gasteiger partial charge on any atom is -0.393 e. The quantitative estimate of drug-likeness (QED) is 0.490. The second kappa shape index (κ2) is 10.8. The summed E-state index contributed by atoms with van der Waals surface area (Å²) in [6, 6.07) is 1.58. The van der Waals surface area contributed by atoms with Crippen molar-refractivity contribution in [1.82, 2.24) is 20.7 Å². The van der Waals surface area contributed by atoms with Gasteiger partial charge in [0.05, 0.1) is 25.4 Å². The molecule has 0 aromatic carbocycles. The Morgan fingerprint density at radius 1 is 1.18 bits per heavy atom. The van der Waals surface area contributed by atoms with Crippen LogP contribution in [-0.2, 0) is 19.1 Å². The average Bonchev–Trinajstić information content (AvgIpc) is 3.53. The zero-order valence-electron chi connectivity index (χ0n) is 23.4. The average molecular weight is 547 g/mol. The molecule has 8 atom stereocenters. The number of aliphatic hydroxyl groups excluding tert-OH is 1. The maximum absolute atomic E-state index is 13.4. The van der Waals surface area contributed by atoms with E-state index in [0.29, 0.717) is 38.3 Å². The Morgan fingerprint density at radius 3 is 2.69 bits per heavy atom. The van der Waals surface area contributed by atoms with Crippen LogP contribution in [0, 0.1) is 29.6 Å². The van der Waals surface area contributed by atoms with Crippen LogP contribution < -0.4 is 10.6 Å². The summed E-state index contributed by atoms with van der Waals surface area (Å²) in [5.74, 6) is 0.283. The van der Waals surface area contributed by atoms with E-state index >= 15 is 0 Å². The lowest BCUT2D eigenvalue weighted by Crippen LogP contribution is -2.63. The van der Waals surface area contributed by atoms with E-state index in [1.807, 2.05) is 4.90 Å². The normalized spacial score (nSPS) is 38.0. The first kappa shape index (κ1) is 28.0. The number of nitrogens with zero attached hydrogens (tertiary/aromatic N) is 2. The first-order valence-corrected chi connectivity index (χ1v) is 14.2. The molecular weight excluding hydrogens is 504 g/mol. The molecule has 11 nitrogen and oxygen atoms in total. The van der Waals surface area contributed by atoms with Crippen molar-refractivity contribution in [1.29, 1.82) is 0 Å². The van der Waals surface area contributed by atoms with E-state index in [0.717, 1.165) is 25.7 Å². The maximum atomic E-state index is 13.4. The SMILES string of the molecule is CC(=O)NC1CCN(C(=O)CC2C(O)CCC3C4(C)COC(CNC(=O)c5cc(C)on5)OC4CCC23C)C1. The smallest absolute Gasteiger partial charge is 0.273 e. The van der Waals surface area contributed by atoms with Crippen molar-refractivity contribution in [2.24, 2.45) is 22.7 Å². The van der Waals surface area contributed by atoms with Crippen LogP contribution in [0.15, 0.2) is 10.6 Å². The number of rotatable bonds is 6. The van der Waals surface area contributed by atoms with Gasteiger partial charge in [-0.15, -0.1) is 0 Å². The van der Waals surface area contributed by atoms with Gasteiger partial charge in [0.2, 0.25) is 11.8 Å². The lowest BCUT2D eigenvalue weighted by atomic mass is 9.46.